The zero-order valence-electron chi connectivity index (χ0n) is 10.4. The first-order valence-corrected chi connectivity index (χ1v) is 5.37. The van der Waals surface area contributed by atoms with Gasteiger partial charge >= 0.3 is 0 Å². The Hall–Kier alpha value is -1.82. The summed E-state index contributed by atoms with van der Waals surface area (Å²) < 4.78 is 0. The Morgan fingerprint density at radius 1 is 1.53 bits per heavy atom. The molecule has 1 rings (SSSR count). The fourth-order valence-electron chi connectivity index (χ4n) is 1.55. The summed E-state index contributed by atoms with van der Waals surface area (Å²) in [6.07, 6.45) is 0. The average Bonchev–Trinajstić information content (AvgIpc) is 2.19. The van der Waals surface area contributed by atoms with E-state index in [1.165, 1.54) is 6.07 Å². The van der Waals surface area contributed by atoms with Crippen LogP contribution in [0.1, 0.15) is 17.4 Å². The zero-order valence-corrected chi connectivity index (χ0v) is 10.4. The number of anilines is 2. The number of carbonyl (C=O) groups is 1. The molecule has 6 nitrogen and oxygen atoms in total. The molecule has 6 heteroatoms. The number of amides is 1. The average molecular weight is 237 g/mol. The zero-order chi connectivity index (χ0) is 13.0. The number of hydrogen-bond donors (Lipinski definition) is 3. The third-order valence-electron chi connectivity index (χ3n) is 2.20. The first kappa shape index (κ1) is 13.2. The van der Waals surface area contributed by atoms with E-state index in [2.05, 4.69) is 10.3 Å². The van der Waals surface area contributed by atoms with Crippen LogP contribution in [0.4, 0.5) is 11.5 Å². The largest absolute Gasteiger partial charge is 0.396 e. The fraction of sp³-hybridized carbons (Fsp3) is 0.455. The molecule has 1 atom stereocenters. The summed E-state index contributed by atoms with van der Waals surface area (Å²) in [5, 5.41) is 3.15. The Morgan fingerprint density at radius 2 is 2.18 bits per heavy atom. The monoisotopic (exact) mass is 237 g/mol. The molecule has 17 heavy (non-hydrogen) atoms. The van der Waals surface area contributed by atoms with Crippen LogP contribution in [0.3, 0.4) is 0 Å². The highest BCUT2D eigenvalue weighted by molar-refractivity contribution is 5.91. The van der Waals surface area contributed by atoms with Gasteiger partial charge in [-0.05, 0) is 33.2 Å². The number of nitrogen functional groups attached to an aromatic ring is 1. The van der Waals surface area contributed by atoms with Crippen molar-refractivity contribution in [2.75, 3.05) is 31.7 Å². The third-order valence-corrected chi connectivity index (χ3v) is 2.20. The number of primary amides is 1. The van der Waals surface area contributed by atoms with Crippen LogP contribution in [0.5, 0.6) is 0 Å². The Kier molecular flexibility index (Phi) is 4.28. The van der Waals surface area contributed by atoms with Crippen molar-refractivity contribution in [3.05, 3.63) is 17.8 Å². The van der Waals surface area contributed by atoms with Crippen molar-refractivity contribution in [1.82, 2.24) is 9.88 Å². The number of nitrogens with two attached hydrogens (primary N) is 2. The van der Waals surface area contributed by atoms with Crippen molar-refractivity contribution in [2.24, 2.45) is 5.73 Å². The highest BCUT2D eigenvalue weighted by Gasteiger charge is 2.10. The maximum Gasteiger partial charge on any atom is 0.267 e. The summed E-state index contributed by atoms with van der Waals surface area (Å²) in [4.78, 5) is 17.1. The van der Waals surface area contributed by atoms with Gasteiger partial charge in [-0.3, -0.25) is 4.79 Å². The molecule has 1 heterocycles. The quantitative estimate of drug-likeness (QED) is 0.676. The van der Waals surface area contributed by atoms with Crippen LogP contribution in [0, 0.1) is 0 Å². The third kappa shape index (κ3) is 3.92. The first-order valence-electron chi connectivity index (χ1n) is 5.37. The van der Waals surface area contributed by atoms with Crippen molar-refractivity contribution < 1.29 is 4.79 Å². The van der Waals surface area contributed by atoms with Gasteiger partial charge in [0.05, 0.1) is 5.69 Å². The molecule has 0 saturated carbocycles. The Labute approximate surface area is 101 Å². The maximum atomic E-state index is 11.0. The van der Waals surface area contributed by atoms with Crippen LogP contribution in [0.2, 0.25) is 0 Å². The van der Waals surface area contributed by atoms with E-state index in [1.807, 2.05) is 25.9 Å². The van der Waals surface area contributed by atoms with Crippen LogP contribution >= 0.6 is 0 Å². The number of hydrogen-bond acceptors (Lipinski definition) is 5. The second kappa shape index (κ2) is 5.49. The van der Waals surface area contributed by atoms with E-state index in [1.54, 1.807) is 6.07 Å². The van der Waals surface area contributed by atoms with Crippen molar-refractivity contribution in [1.29, 1.82) is 0 Å². The predicted octanol–water partition coefficient (Wildman–Crippen LogP) is 0.125. The van der Waals surface area contributed by atoms with Crippen LogP contribution in [-0.2, 0) is 0 Å². The number of carbonyl (C=O) groups excluding carboxylic acids is 1. The van der Waals surface area contributed by atoms with E-state index in [0.717, 1.165) is 6.54 Å². The van der Waals surface area contributed by atoms with Gasteiger partial charge in [0.25, 0.3) is 5.91 Å². The van der Waals surface area contributed by atoms with E-state index in [-0.39, 0.29) is 11.7 Å². The molecule has 5 N–H and O–H groups in total. The van der Waals surface area contributed by atoms with Crippen molar-refractivity contribution in [2.45, 2.75) is 13.0 Å². The van der Waals surface area contributed by atoms with Gasteiger partial charge in [-0.15, -0.1) is 0 Å². The SMILES string of the molecule is CC(CN(C)C)Nc1nc(C(N)=O)ccc1N. The summed E-state index contributed by atoms with van der Waals surface area (Å²) in [5.74, 6) is -0.0658. The molecule has 0 radical (unpaired) electrons. The van der Waals surface area contributed by atoms with E-state index in [0.29, 0.717) is 11.5 Å². The van der Waals surface area contributed by atoms with Gasteiger partial charge in [0.2, 0.25) is 0 Å². The second-order valence-electron chi connectivity index (χ2n) is 4.31. The van der Waals surface area contributed by atoms with Gasteiger partial charge in [-0.25, -0.2) is 4.98 Å². The molecule has 0 aromatic carbocycles. The molecule has 1 aromatic heterocycles. The number of likely N-dealkylation sites (N-methyl/N-ethyl adjacent to an activating group) is 1. The predicted molar refractivity (Wildman–Crippen MR) is 68.8 cm³/mol. The molecule has 0 aliphatic rings. The first-order chi connectivity index (χ1) is 7.90. The van der Waals surface area contributed by atoms with Crippen LogP contribution in [0.15, 0.2) is 12.1 Å². The Bertz CT molecular complexity index is 405. The van der Waals surface area contributed by atoms with Gasteiger partial charge in [0.1, 0.15) is 11.5 Å². The van der Waals surface area contributed by atoms with Crippen LogP contribution in [-0.4, -0.2) is 42.5 Å². The molecule has 0 aliphatic carbocycles. The summed E-state index contributed by atoms with van der Waals surface area (Å²) in [5.41, 5.74) is 11.7. The highest BCUT2D eigenvalue weighted by Crippen LogP contribution is 2.16. The minimum absolute atomic E-state index is 0.169. The van der Waals surface area contributed by atoms with Crippen molar-refractivity contribution in [3.63, 3.8) is 0 Å². The molecule has 0 spiro atoms. The molecule has 0 aliphatic heterocycles. The van der Waals surface area contributed by atoms with Gasteiger partial charge in [0, 0.05) is 12.6 Å². The lowest BCUT2D eigenvalue weighted by atomic mass is 10.2. The molecule has 1 unspecified atom stereocenters. The topological polar surface area (TPSA) is 97.3 Å². The van der Waals surface area contributed by atoms with E-state index in [4.69, 9.17) is 11.5 Å². The Morgan fingerprint density at radius 3 is 2.71 bits per heavy atom. The van der Waals surface area contributed by atoms with Gasteiger partial charge < -0.3 is 21.7 Å². The van der Waals surface area contributed by atoms with E-state index < -0.39 is 5.91 Å². The maximum absolute atomic E-state index is 11.0. The summed E-state index contributed by atoms with van der Waals surface area (Å²) in [6.45, 7) is 2.85. The summed E-state index contributed by atoms with van der Waals surface area (Å²) in [7, 11) is 3.96. The molecule has 94 valence electrons. The van der Waals surface area contributed by atoms with E-state index >= 15 is 0 Å². The normalized spacial score (nSPS) is 12.5. The summed E-state index contributed by atoms with van der Waals surface area (Å²) in [6, 6.07) is 3.31. The minimum atomic E-state index is -0.562. The molecular weight excluding hydrogens is 218 g/mol. The number of rotatable bonds is 5. The molecule has 0 fully saturated rings. The molecule has 0 bridgehead atoms. The molecule has 1 aromatic rings. The smallest absolute Gasteiger partial charge is 0.267 e. The van der Waals surface area contributed by atoms with Gasteiger partial charge in [-0.1, -0.05) is 0 Å². The number of nitrogens with zero attached hydrogens (tertiary/aromatic N) is 2. The van der Waals surface area contributed by atoms with Crippen LogP contribution in [0.25, 0.3) is 0 Å². The second-order valence-corrected chi connectivity index (χ2v) is 4.31. The van der Waals surface area contributed by atoms with Crippen molar-refractivity contribution >= 4 is 17.4 Å². The molecule has 1 amide bonds. The minimum Gasteiger partial charge on any atom is -0.396 e. The van der Waals surface area contributed by atoms with E-state index in [9.17, 15) is 4.79 Å². The highest BCUT2D eigenvalue weighted by atomic mass is 16.1. The standard InChI is InChI=1S/C11H19N5O/c1-7(6-16(2)3)14-11-8(12)4-5-9(15-11)10(13)17/h4-5,7H,6,12H2,1-3H3,(H2,13,17)(H,14,15). The van der Waals surface area contributed by atoms with Gasteiger partial charge in [-0.2, -0.15) is 0 Å². The molecule has 0 saturated heterocycles. The van der Waals surface area contributed by atoms with Crippen LogP contribution < -0.4 is 16.8 Å². The summed E-state index contributed by atoms with van der Waals surface area (Å²) >= 11 is 0. The number of nitrogens with one attached hydrogen (secondary N) is 1. The molecular formula is C11H19N5O. The lowest BCUT2D eigenvalue weighted by Crippen LogP contribution is -2.30. The lowest BCUT2D eigenvalue weighted by Gasteiger charge is -2.19. The fourth-order valence-corrected chi connectivity index (χ4v) is 1.55. The Balaban J connectivity index is 2.82. The number of pyridine rings is 1. The van der Waals surface area contributed by atoms with Gasteiger partial charge in [0.15, 0.2) is 0 Å². The number of aromatic nitrogens is 1. The lowest BCUT2D eigenvalue weighted by molar-refractivity contribution is 0.0995. The van der Waals surface area contributed by atoms with Crippen molar-refractivity contribution in [3.8, 4) is 0 Å².